The average Bonchev–Trinajstić information content (AvgIpc) is 3.93. The van der Waals surface area contributed by atoms with Crippen molar-refractivity contribution in [3.8, 4) is 22.5 Å². The summed E-state index contributed by atoms with van der Waals surface area (Å²) in [6.45, 7) is 24.5. The molecule has 0 atom stereocenters. The third-order valence-electron chi connectivity index (χ3n) is 12.5. The van der Waals surface area contributed by atoms with Crippen molar-refractivity contribution < 1.29 is 4.79 Å². The van der Waals surface area contributed by atoms with Gasteiger partial charge in [0, 0.05) is 65.3 Å². The summed E-state index contributed by atoms with van der Waals surface area (Å²) in [5, 5.41) is 2.03. The van der Waals surface area contributed by atoms with E-state index >= 15 is 0 Å². The molecule has 310 valence electrons. The van der Waals surface area contributed by atoms with Crippen LogP contribution >= 0.6 is 31.9 Å². The van der Waals surface area contributed by atoms with Crippen molar-refractivity contribution in [2.45, 2.75) is 99.8 Å². The molecule has 0 fully saturated rings. The number of H-pyrrole nitrogens is 2. The Hall–Kier alpha value is -5.04. The first-order valence-electron chi connectivity index (χ1n) is 21.3. The van der Waals surface area contributed by atoms with Gasteiger partial charge >= 0.3 is 0 Å². The Balaban J connectivity index is 0.000000185. The molecule has 0 spiro atoms. The minimum atomic E-state index is 0.114. The van der Waals surface area contributed by atoms with Crippen LogP contribution in [-0.2, 0) is 23.7 Å². The fourth-order valence-electron chi connectivity index (χ4n) is 9.35. The highest BCUT2D eigenvalue weighted by molar-refractivity contribution is 9.10. The summed E-state index contributed by atoms with van der Waals surface area (Å²) in [4.78, 5) is 23.9. The number of aromatic amines is 2. The molecule has 0 saturated carbocycles. The number of carbonyl (C=O) groups excluding carboxylic acids is 1. The smallest absolute Gasteiger partial charge is 0.166 e. The number of rotatable bonds is 5. The van der Waals surface area contributed by atoms with Gasteiger partial charge in [-0.15, -0.1) is 0 Å². The van der Waals surface area contributed by atoms with Crippen molar-refractivity contribution in [3.63, 3.8) is 0 Å². The Morgan fingerprint density at radius 2 is 1.21 bits per heavy atom. The largest absolute Gasteiger partial charge is 0.354 e. The summed E-state index contributed by atoms with van der Waals surface area (Å²) < 4.78 is 2.05. The van der Waals surface area contributed by atoms with E-state index in [4.69, 9.17) is 4.99 Å². The fourth-order valence-corrected chi connectivity index (χ4v) is 10.1. The van der Waals surface area contributed by atoms with Crippen LogP contribution in [0.1, 0.15) is 131 Å². The zero-order valence-electron chi connectivity index (χ0n) is 37.3. The van der Waals surface area contributed by atoms with E-state index in [1.807, 2.05) is 12.1 Å². The Kier molecular flexibility index (Phi) is 11.2. The number of nitrogens with zero attached hydrogens (tertiary/aromatic N) is 1. The monoisotopic (exact) mass is 931 g/mol. The minimum Gasteiger partial charge on any atom is -0.354 e. The van der Waals surface area contributed by atoms with Crippen molar-refractivity contribution in [2.24, 2.45) is 4.99 Å². The number of benzene rings is 5. The van der Waals surface area contributed by atoms with Gasteiger partial charge in [-0.2, -0.15) is 0 Å². The first-order valence-corrected chi connectivity index (χ1v) is 22.9. The number of carbonyl (C=O) groups is 1. The van der Waals surface area contributed by atoms with E-state index in [1.165, 1.54) is 89.3 Å². The number of aryl methyl sites for hydroxylation is 4. The van der Waals surface area contributed by atoms with Gasteiger partial charge in [-0.1, -0.05) is 141 Å². The zero-order chi connectivity index (χ0) is 43.7. The molecule has 9 rings (SSSR count). The van der Waals surface area contributed by atoms with Crippen LogP contribution in [0.4, 0.5) is 0 Å². The summed E-state index contributed by atoms with van der Waals surface area (Å²) in [5.74, 6) is 0. The Labute approximate surface area is 378 Å². The highest BCUT2D eigenvalue weighted by Gasteiger charge is 2.29. The van der Waals surface area contributed by atoms with Crippen LogP contribution < -0.4 is 0 Å². The van der Waals surface area contributed by atoms with Crippen LogP contribution in [0.3, 0.4) is 0 Å². The van der Waals surface area contributed by atoms with Gasteiger partial charge in [0.1, 0.15) is 0 Å². The molecule has 1 aliphatic heterocycles. The average molecular weight is 934 g/mol. The van der Waals surface area contributed by atoms with E-state index in [0.29, 0.717) is 5.69 Å². The lowest BCUT2D eigenvalue weighted by molar-refractivity contribution is 0.112. The number of fused-ring (bicyclic) bond motifs is 5. The van der Waals surface area contributed by atoms with Crippen molar-refractivity contribution in [1.29, 1.82) is 0 Å². The first-order chi connectivity index (χ1) is 28.9. The molecule has 3 heterocycles. The third-order valence-corrected chi connectivity index (χ3v) is 13.5. The van der Waals surface area contributed by atoms with Crippen LogP contribution in [0.25, 0.3) is 45.1 Å². The van der Waals surface area contributed by atoms with Gasteiger partial charge in [0.15, 0.2) is 6.29 Å². The maximum atomic E-state index is 11.5. The van der Waals surface area contributed by atoms with Gasteiger partial charge in [0.25, 0.3) is 0 Å². The maximum Gasteiger partial charge on any atom is 0.166 e. The van der Waals surface area contributed by atoms with Crippen molar-refractivity contribution in [2.75, 3.05) is 0 Å². The molecular formula is C55H55Br2N3O. The molecule has 4 nitrogen and oxygen atoms in total. The van der Waals surface area contributed by atoms with E-state index < -0.39 is 0 Å². The molecule has 2 aliphatic rings. The molecule has 0 saturated heterocycles. The van der Waals surface area contributed by atoms with Crippen molar-refractivity contribution in [1.82, 2.24) is 9.97 Å². The predicted molar refractivity (Wildman–Crippen MR) is 266 cm³/mol. The quantitative estimate of drug-likeness (QED) is 0.166. The fraction of sp³-hybridized carbons (Fsp3) is 0.273. The lowest BCUT2D eigenvalue weighted by atomic mass is 9.82. The maximum absolute atomic E-state index is 11.5. The summed E-state index contributed by atoms with van der Waals surface area (Å²) >= 11 is 7.20. The molecule has 0 unspecified atom stereocenters. The number of hydrogen-bond acceptors (Lipinski definition) is 2. The molecule has 0 amide bonds. The van der Waals surface area contributed by atoms with Crippen LogP contribution in [0, 0.1) is 27.7 Å². The minimum absolute atomic E-state index is 0.114. The van der Waals surface area contributed by atoms with Gasteiger partial charge in [0.2, 0.25) is 0 Å². The predicted octanol–water partition coefficient (Wildman–Crippen LogP) is 15.5. The van der Waals surface area contributed by atoms with E-state index in [2.05, 4.69) is 197 Å². The molecule has 0 radical (unpaired) electrons. The summed E-state index contributed by atoms with van der Waals surface area (Å²) in [6.07, 6.45) is 5.16. The lowest BCUT2D eigenvalue weighted by Gasteiger charge is -2.22. The van der Waals surface area contributed by atoms with E-state index in [9.17, 15) is 4.79 Å². The molecule has 2 aromatic heterocycles. The number of aldehydes is 1. The normalized spacial score (nSPS) is 13.9. The van der Waals surface area contributed by atoms with Crippen LogP contribution in [0.5, 0.6) is 0 Å². The molecule has 61 heavy (non-hydrogen) atoms. The van der Waals surface area contributed by atoms with Crippen LogP contribution in [-0.4, -0.2) is 22.0 Å². The van der Waals surface area contributed by atoms with Gasteiger partial charge < -0.3 is 9.97 Å². The van der Waals surface area contributed by atoms with Gasteiger partial charge in [0.05, 0.1) is 22.8 Å². The summed E-state index contributed by atoms with van der Waals surface area (Å²) in [5.41, 5.74) is 24.6. The molecule has 5 aromatic carbocycles. The molecule has 1 aliphatic carbocycles. The summed E-state index contributed by atoms with van der Waals surface area (Å²) in [6, 6.07) is 30.6. The van der Waals surface area contributed by atoms with Crippen molar-refractivity contribution in [3.05, 3.63) is 172 Å². The molecule has 0 bridgehead atoms. The number of hydrogen-bond donors (Lipinski definition) is 2. The van der Waals surface area contributed by atoms with Crippen LogP contribution in [0.2, 0.25) is 0 Å². The second-order valence-electron chi connectivity index (χ2n) is 18.9. The van der Waals surface area contributed by atoms with E-state index in [1.54, 1.807) is 0 Å². The van der Waals surface area contributed by atoms with Gasteiger partial charge in [-0.3, -0.25) is 4.79 Å². The third kappa shape index (κ3) is 7.87. The first kappa shape index (κ1) is 42.6. The Bertz CT molecular complexity index is 2930. The topological polar surface area (TPSA) is 61.0 Å². The number of aliphatic imine (C=N–C) groups is 1. The van der Waals surface area contributed by atoms with Crippen molar-refractivity contribution >= 4 is 66.4 Å². The van der Waals surface area contributed by atoms with E-state index in [-0.39, 0.29) is 10.8 Å². The zero-order valence-corrected chi connectivity index (χ0v) is 40.4. The van der Waals surface area contributed by atoms with Crippen LogP contribution in [0.15, 0.2) is 98.9 Å². The second-order valence-corrected chi connectivity index (χ2v) is 20.8. The molecule has 6 heteroatoms. The van der Waals surface area contributed by atoms with Gasteiger partial charge in [-0.05, 0) is 125 Å². The molecule has 7 aromatic rings. The lowest BCUT2D eigenvalue weighted by Crippen LogP contribution is -2.14. The number of halogens is 2. The summed E-state index contributed by atoms with van der Waals surface area (Å²) in [7, 11) is 0. The van der Waals surface area contributed by atoms with E-state index in [0.717, 1.165) is 55.9 Å². The number of aromatic nitrogens is 2. The second kappa shape index (κ2) is 16.0. The highest BCUT2D eigenvalue weighted by Crippen LogP contribution is 2.43. The molecule has 2 N–H and O–H groups in total. The SMILES string of the molecule is CCc1c(C=C2N=C(c3c(C)cc(C(C)(C)C)cc3C)c3ccc(Br)cc32)[nH]c2c1Cc1ccccc1-2.Cc1cc(C(C)(C)C)cc(C)c1-c1[nH]c(C=O)c2cc(Br)ccc12. The standard InChI is InChI=1S/C34H33BrN2.C21H22BrNO/c1-7-24-28-16-21-10-8-9-11-25(21)32(28)36-29(24)18-30-27-17-23(35)12-13-26(27)33(37-30)31-19(2)14-22(15-20(31)3)34(4,5)6;1-12-8-14(21(3,4)5)9-13(2)19(12)20-16-7-6-15(22)10-17(16)18(11-24)23-20/h8-15,17-18,36H,7,16H2,1-6H3;6-11,23H,1-5H3. The van der Waals surface area contributed by atoms with Gasteiger partial charge in [-0.25, -0.2) is 4.99 Å². The number of nitrogens with one attached hydrogen (secondary N) is 2. The highest BCUT2D eigenvalue weighted by atomic mass is 79.9. The Morgan fingerprint density at radius 3 is 1.82 bits per heavy atom. The Morgan fingerprint density at radius 1 is 0.639 bits per heavy atom. The molecular weight excluding hydrogens is 878 g/mol.